The van der Waals surface area contributed by atoms with E-state index < -0.39 is 5.60 Å². The van der Waals surface area contributed by atoms with E-state index in [1.165, 1.54) is 0 Å². The van der Waals surface area contributed by atoms with E-state index in [0.717, 1.165) is 29.6 Å². The minimum atomic E-state index is -0.785. The molecule has 17 heavy (non-hydrogen) atoms. The monoisotopic (exact) mass is 301 g/mol. The van der Waals surface area contributed by atoms with Gasteiger partial charge in [-0.1, -0.05) is 0 Å². The number of halogens is 1. The first-order chi connectivity index (χ1) is 7.94. The van der Waals surface area contributed by atoms with Crippen LogP contribution in [-0.4, -0.2) is 39.9 Å². The number of aromatic nitrogens is 2. The summed E-state index contributed by atoms with van der Waals surface area (Å²) in [5.41, 5.74) is 0.131. The van der Waals surface area contributed by atoms with Gasteiger partial charge in [-0.15, -0.1) is 0 Å². The van der Waals surface area contributed by atoms with E-state index in [1.807, 2.05) is 11.7 Å². The smallest absolute Gasteiger partial charge is 0.120 e. The molecule has 5 heteroatoms. The van der Waals surface area contributed by atoms with E-state index in [1.54, 1.807) is 6.20 Å². The molecule has 1 aliphatic heterocycles. The maximum atomic E-state index is 10.9. The first-order valence-electron chi connectivity index (χ1n) is 6.08. The molecule has 2 rings (SSSR count). The van der Waals surface area contributed by atoms with E-state index in [2.05, 4.69) is 39.8 Å². The molecule has 0 amide bonds. The molecule has 0 saturated carbocycles. The number of likely N-dealkylation sites (tertiary alicyclic amines) is 1. The quantitative estimate of drug-likeness (QED) is 0.910. The van der Waals surface area contributed by atoms with Gasteiger partial charge in [-0.3, -0.25) is 4.68 Å². The maximum absolute atomic E-state index is 10.9. The van der Waals surface area contributed by atoms with E-state index in [0.29, 0.717) is 6.54 Å². The number of nitrogens with zero attached hydrogens (tertiary/aromatic N) is 3. The van der Waals surface area contributed by atoms with Gasteiger partial charge >= 0.3 is 0 Å². The summed E-state index contributed by atoms with van der Waals surface area (Å²) in [4.78, 5) is 2.17. The van der Waals surface area contributed by atoms with Crippen molar-refractivity contribution in [2.24, 2.45) is 0 Å². The van der Waals surface area contributed by atoms with Crippen LogP contribution in [0.5, 0.6) is 0 Å². The third kappa shape index (κ3) is 2.41. The molecule has 1 aromatic rings. The number of β-amino-alcohol motifs (C(OH)–C–C–N with tert-alkyl or cyclic N) is 1. The number of hydrogen-bond donors (Lipinski definition) is 1. The minimum absolute atomic E-state index is 0.257. The topological polar surface area (TPSA) is 41.3 Å². The van der Waals surface area contributed by atoms with Gasteiger partial charge in [0.15, 0.2) is 0 Å². The Labute approximate surface area is 111 Å². The van der Waals surface area contributed by atoms with Gasteiger partial charge in [0, 0.05) is 12.6 Å². The summed E-state index contributed by atoms with van der Waals surface area (Å²) in [6.45, 7) is 5.89. The van der Waals surface area contributed by atoms with Gasteiger partial charge in [-0.25, -0.2) is 0 Å². The Bertz CT molecular complexity index is 404. The van der Waals surface area contributed by atoms with Crippen molar-refractivity contribution in [1.82, 2.24) is 14.7 Å². The van der Waals surface area contributed by atoms with Crippen LogP contribution in [0.25, 0.3) is 0 Å². The largest absolute Gasteiger partial charge is 0.382 e. The predicted octanol–water partition coefficient (Wildman–Crippen LogP) is 2.14. The van der Waals surface area contributed by atoms with Crippen molar-refractivity contribution in [3.05, 3.63) is 16.4 Å². The van der Waals surface area contributed by atoms with Crippen LogP contribution in [-0.2, 0) is 5.60 Å². The van der Waals surface area contributed by atoms with Gasteiger partial charge in [0.05, 0.1) is 16.4 Å². The highest BCUT2D eigenvalue weighted by Crippen LogP contribution is 2.36. The van der Waals surface area contributed by atoms with Crippen LogP contribution >= 0.6 is 15.9 Å². The minimum Gasteiger partial charge on any atom is -0.382 e. The summed E-state index contributed by atoms with van der Waals surface area (Å²) in [6.07, 6.45) is 3.60. The highest BCUT2D eigenvalue weighted by Gasteiger charge is 2.38. The second kappa shape index (κ2) is 4.71. The molecule has 2 heterocycles. The Kier molecular flexibility index (Phi) is 3.61. The van der Waals surface area contributed by atoms with Gasteiger partial charge in [0.2, 0.25) is 0 Å². The van der Waals surface area contributed by atoms with Crippen LogP contribution in [0.15, 0.2) is 10.7 Å². The Morgan fingerprint density at radius 3 is 2.82 bits per heavy atom. The van der Waals surface area contributed by atoms with Crippen molar-refractivity contribution >= 4 is 15.9 Å². The maximum Gasteiger partial charge on any atom is 0.120 e. The van der Waals surface area contributed by atoms with Gasteiger partial charge in [-0.05, 0) is 56.2 Å². The van der Waals surface area contributed by atoms with Crippen molar-refractivity contribution in [2.45, 2.75) is 38.3 Å². The van der Waals surface area contributed by atoms with Crippen molar-refractivity contribution in [1.29, 1.82) is 0 Å². The highest BCUT2D eigenvalue weighted by atomic mass is 79.9. The van der Waals surface area contributed by atoms with Crippen LogP contribution in [0.3, 0.4) is 0 Å². The summed E-state index contributed by atoms with van der Waals surface area (Å²) in [6, 6.07) is 0.257. The molecule has 1 atom stereocenters. The summed E-state index contributed by atoms with van der Waals surface area (Å²) in [5.74, 6) is 0. The van der Waals surface area contributed by atoms with E-state index in [-0.39, 0.29) is 6.04 Å². The van der Waals surface area contributed by atoms with Crippen molar-refractivity contribution in [2.75, 3.05) is 20.1 Å². The molecule has 1 N–H and O–H groups in total. The van der Waals surface area contributed by atoms with E-state index in [4.69, 9.17) is 0 Å². The molecule has 0 spiro atoms. The average molecular weight is 302 g/mol. The van der Waals surface area contributed by atoms with Crippen LogP contribution < -0.4 is 0 Å². The molecule has 4 nitrogen and oxygen atoms in total. The SMILES string of the molecule is CC(C)n1ncc(Br)c1C1(O)CCCN(C)C1. The zero-order valence-corrected chi connectivity index (χ0v) is 12.2. The molecule has 1 aliphatic rings. The third-order valence-corrected chi connectivity index (χ3v) is 3.92. The number of likely N-dealkylation sites (N-methyl/N-ethyl adjacent to an activating group) is 1. The number of aliphatic hydroxyl groups is 1. The fraction of sp³-hybridized carbons (Fsp3) is 0.750. The normalized spacial score (nSPS) is 26.7. The van der Waals surface area contributed by atoms with Crippen LogP contribution in [0.2, 0.25) is 0 Å². The molecule has 1 aromatic heterocycles. The zero-order chi connectivity index (χ0) is 12.6. The summed E-state index contributed by atoms with van der Waals surface area (Å²) in [7, 11) is 2.05. The van der Waals surface area contributed by atoms with Crippen molar-refractivity contribution < 1.29 is 5.11 Å². The molecule has 96 valence electrons. The van der Waals surface area contributed by atoms with Gasteiger partial charge in [-0.2, -0.15) is 5.10 Å². The van der Waals surface area contributed by atoms with E-state index in [9.17, 15) is 5.11 Å². The summed E-state index contributed by atoms with van der Waals surface area (Å²) in [5, 5.41) is 15.2. The molecule has 0 aromatic carbocycles. The van der Waals surface area contributed by atoms with Gasteiger partial charge < -0.3 is 10.0 Å². The first kappa shape index (κ1) is 13.1. The van der Waals surface area contributed by atoms with Crippen LogP contribution in [0.4, 0.5) is 0 Å². The summed E-state index contributed by atoms with van der Waals surface area (Å²) >= 11 is 3.51. The second-order valence-electron chi connectivity index (χ2n) is 5.25. The third-order valence-electron chi connectivity index (χ3n) is 3.34. The fourth-order valence-electron chi connectivity index (χ4n) is 2.61. The fourth-order valence-corrected chi connectivity index (χ4v) is 3.25. The standard InChI is InChI=1S/C12H20BrN3O/c1-9(2)16-11(10(13)7-14-16)12(17)5-4-6-15(3)8-12/h7,9,17H,4-6,8H2,1-3H3. The lowest BCUT2D eigenvalue weighted by Crippen LogP contribution is -2.45. The van der Waals surface area contributed by atoms with Crippen molar-refractivity contribution in [3.8, 4) is 0 Å². The Morgan fingerprint density at radius 2 is 2.24 bits per heavy atom. The molecular weight excluding hydrogens is 282 g/mol. The van der Waals surface area contributed by atoms with Crippen LogP contribution in [0, 0.1) is 0 Å². The lowest BCUT2D eigenvalue weighted by atomic mass is 9.89. The van der Waals surface area contributed by atoms with Crippen LogP contribution in [0.1, 0.15) is 38.4 Å². The molecule has 1 unspecified atom stereocenters. The van der Waals surface area contributed by atoms with Gasteiger partial charge in [0.1, 0.15) is 5.60 Å². The molecule has 0 bridgehead atoms. The molecule has 1 saturated heterocycles. The van der Waals surface area contributed by atoms with Crippen molar-refractivity contribution in [3.63, 3.8) is 0 Å². The van der Waals surface area contributed by atoms with E-state index >= 15 is 0 Å². The Hall–Kier alpha value is -0.390. The predicted molar refractivity (Wildman–Crippen MR) is 70.9 cm³/mol. The number of hydrogen-bond acceptors (Lipinski definition) is 3. The lowest BCUT2D eigenvalue weighted by Gasteiger charge is -2.38. The Morgan fingerprint density at radius 1 is 1.53 bits per heavy atom. The lowest BCUT2D eigenvalue weighted by molar-refractivity contribution is -0.0359. The van der Waals surface area contributed by atoms with Gasteiger partial charge in [0.25, 0.3) is 0 Å². The number of rotatable bonds is 2. The molecule has 0 radical (unpaired) electrons. The Balaban J connectivity index is 2.41. The zero-order valence-electron chi connectivity index (χ0n) is 10.6. The molecule has 1 fully saturated rings. The molecule has 0 aliphatic carbocycles. The second-order valence-corrected chi connectivity index (χ2v) is 6.11. The first-order valence-corrected chi connectivity index (χ1v) is 6.88. The average Bonchev–Trinajstić information content (AvgIpc) is 2.60. The number of piperidine rings is 1. The summed E-state index contributed by atoms with van der Waals surface area (Å²) < 4.78 is 2.83. The highest BCUT2D eigenvalue weighted by molar-refractivity contribution is 9.10. The molecular formula is C12H20BrN3O.